The lowest BCUT2D eigenvalue weighted by Gasteiger charge is -2.21. The average molecular weight is 352 g/mol. The second-order valence-corrected chi connectivity index (χ2v) is 7.64. The summed E-state index contributed by atoms with van der Waals surface area (Å²) in [5.74, 6) is -0.0180. The molecule has 1 N–H and O–H groups in total. The predicted octanol–water partition coefficient (Wildman–Crippen LogP) is 4.56. The second kappa shape index (κ2) is 8.02. The minimum Gasteiger partial charge on any atom is -0.352 e. The number of hydrogen-bond donors (Lipinski definition) is 1. The van der Waals surface area contributed by atoms with Crippen molar-refractivity contribution in [2.24, 2.45) is 0 Å². The van der Waals surface area contributed by atoms with Crippen molar-refractivity contribution in [1.82, 2.24) is 20.3 Å². The highest BCUT2D eigenvalue weighted by Gasteiger charge is 2.19. The summed E-state index contributed by atoms with van der Waals surface area (Å²) >= 11 is 0. The first kappa shape index (κ1) is 17.3. The fourth-order valence-corrected chi connectivity index (χ4v) is 4.25. The number of nitrogens with zero attached hydrogens (tertiary/aromatic N) is 3. The van der Waals surface area contributed by atoms with Crippen molar-refractivity contribution in [3.8, 4) is 0 Å². The molecule has 0 bridgehead atoms. The van der Waals surface area contributed by atoms with E-state index in [0.717, 1.165) is 17.5 Å². The number of benzene rings is 1. The minimum absolute atomic E-state index is 0.0180. The summed E-state index contributed by atoms with van der Waals surface area (Å²) in [7, 11) is 0. The SMILES string of the molecule is O=C(NCCC1=CCCCC1)c1ccc2c(c1)nnn2C1CCCCC1. The van der Waals surface area contributed by atoms with Crippen LogP contribution >= 0.6 is 0 Å². The van der Waals surface area contributed by atoms with E-state index in [0.29, 0.717) is 18.2 Å². The van der Waals surface area contributed by atoms with E-state index >= 15 is 0 Å². The maximum atomic E-state index is 12.5. The first-order chi connectivity index (χ1) is 12.8. The molecule has 1 aromatic carbocycles. The van der Waals surface area contributed by atoms with Crippen LogP contribution in [0.2, 0.25) is 0 Å². The summed E-state index contributed by atoms with van der Waals surface area (Å²) in [5.41, 5.74) is 4.02. The number of amides is 1. The maximum absolute atomic E-state index is 12.5. The first-order valence-electron chi connectivity index (χ1n) is 10.1. The fourth-order valence-electron chi connectivity index (χ4n) is 4.25. The Morgan fingerprint density at radius 2 is 2.04 bits per heavy atom. The summed E-state index contributed by atoms with van der Waals surface area (Å²) in [6.07, 6.45) is 14.5. The monoisotopic (exact) mass is 352 g/mol. The van der Waals surface area contributed by atoms with Gasteiger partial charge in [-0.25, -0.2) is 4.68 Å². The maximum Gasteiger partial charge on any atom is 0.251 e. The molecule has 1 heterocycles. The van der Waals surface area contributed by atoms with Crippen LogP contribution in [0.1, 0.15) is 80.6 Å². The summed E-state index contributed by atoms with van der Waals surface area (Å²) in [6, 6.07) is 6.23. The van der Waals surface area contributed by atoms with Gasteiger partial charge >= 0.3 is 0 Å². The number of fused-ring (bicyclic) bond motifs is 1. The topological polar surface area (TPSA) is 59.8 Å². The highest BCUT2D eigenvalue weighted by Crippen LogP contribution is 2.30. The summed E-state index contributed by atoms with van der Waals surface area (Å²) in [5, 5.41) is 11.7. The van der Waals surface area contributed by atoms with Gasteiger partial charge in [0.15, 0.2) is 0 Å². The number of rotatable bonds is 5. The first-order valence-corrected chi connectivity index (χ1v) is 10.1. The third kappa shape index (κ3) is 3.81. The lowest BCUT2D eigenvalue weighted by molar-refractivity contribution is 0.0954. The molecule has 2 aliphatic rings. The van der Waals surface area contributed by atoms with E-state index in [9.17, 15) is 4.79 Å². The molecule has 0 unspecified atom stereocenters. The van der Waals surface area contributed by atoms with Gasteiger partial charge in [0.1, 0.15) is 5.52 Å². The molecule has 5 heteroatoms. The van der Waals surface area contributed by atoms with Crippen molar-refractivity contribution < 1.29 is 4.79 Å². The summed E-state index contributed by atoms with van der Waals surface area (Å²) in [6.45, 7) is 0.706. The van der Waals surface area contributed by atoms with E-state index in [2.05, 4.69) is 26.4 Å². The molecule has 1 amide bonds. The van der Waals surface area contributed by atoms with Gasteiger partial charge in [0.25, 0.3) is 5.91 Å². The number of nitrogens with one attached hydrogen (secondary N) is 1. The molecule has 1 saturated carbocycles. The standard InChI is InChI=1S/C21H28N4O/c26-21(22-14-13-16-7-3-1-4-8-16)17-11-12-20-19(15-17)23-24-25(20)18-9-5-2-6-10-18/h7,11-12,15,18H,1-6,8-10,13-14H2,(H,22,26). The Kier molecular flexibility index (Phi) is 5.32. The van der Waals surface area contributed by atoms with Crippen LogP contribution < -0.4 is 5.32 Å². The van der Waals surface area contributed by atoms with Gasteiger partial charge in [0.2, 0.25) is 0 Å². The van der Waals surface area contributed by atoms with Gasteiger partial charge in [-0.3, -0.25) is 4.79 Å². The van der Waals surface area contributed by atoms with Crippen molar-refractivity contribution >= 4 is 16.9 Å². The van der Waals surface area contributed by atoms with Crippen molar-refractivity contribution in [2.45, 2.75) is 70.3 Å². The Labute approximate surface area is 154 Å². The highest BCUT2D eigenvalue weighted by molar-refractivity contribution is 5.97. The lowest BCUT2D eigenvalue weighted by Crippen LogP contribution is -2.24. The summed E-state index contributed by atoms with van der Waals surface area (Å²) < 4.78 is 2.06. The van der Waals surface area contributed by atoms with Gasteiger partial charge in [0.05, 0.1) is 11.6 Å². The molecule has 1 aromatic heterocycles. The molecule has 2 aliphatic carbocycles. The van der Waals surface area contributed by atoms with E-state index in [1.165, 1.54) is 63.4 Å². The minimum atomic E-state index is -0.0180. The zero-order chi connectivity index (χ0) is 17.8. The lowest BCUT2D eigenvalue weighted by atomic mass is 9.95. The molecule has 4 rings (SSSR count). The van der Waals surface area contributed by atoms with Crippen LogP contribution in [0, 0.1) is 0 Å². The van der Waals surface area contributed by atoms with Crippen LogP contribution in [0.5, 0.6) is 0 Å². The van der Waals surface area contributed by atoms with Crippen molar-refractivity contribution in [2.75, 3.05) is 6.54 Å². The quantitative estimate of drug-likeness (QED) is 0.803. The van der Waals surface area contributed by atoms with Crippen LogP contribution in [0.25, 0.3) is 11.0 Å². The molecular formula is C21H28N4O. The molecule has 138 valence electrons. The van der Waals surface area contributed by atoms with Crippen LogP contribution in [0.4, 0.5) is 0 Å². The van der Waals surface area contributed by atoms with E-state index < -0.39 is 0 Å². The Morgan fingerprint density at radius 3 is 2.85 bits per heavy atom. The predicted molar refractivity (Wildman–Crippen MR) is 103 cm³/mol. The second-order valence-electron chi connectivity index (χ2n) is 7.64. The zero-order valence-electron chi connectivity index (χ0n) is 15.4. The van der Waals surface area contributed by atoms with Crippen molar-refractivity contribution in [3.05, 3.63) is 35.4 Å². The molecule has 2 aromatic rings. The normalized spacial score (nSPS) is 18.7. The smallest absolute Gasteiger partial charge is 0.251 e. The molecule has 0 saturated heterocycles. The molecule has 0 radical (unpaired) electrons. The zero-order valence-corrected chi connectivity index (χ0v) is 15.4. The van der Waals surface area contributed by atoms with Gasteiger partial charge in [-0.05, 0) is 63.1 Å². The number of carbonyl (C=O) groups excluding carboxylic acids is 1. The van der Waals surface area contributed by atoms with E-state index in [1.807, 2.05) is 18.2 Å². The number of allylic oxidation sites excluding steroid dienone is 1. The van der Waals surface area contributed by atoms with Crippen molar-refractivity contribution in [1.29, 1.82) is 0 Å². The van der Waals surface area contributed by atoms with E-state index in [4.69, 9.17) is 0 Å². The fraction of sp³-hybridized carbons (Fsp3) is 0.571. The summed E-state index contributed by atoms with van der Waals surface area (Å²) in [4.78, 5) is 12.5. The van der Waals surface area contributed by atoms with Crippen LogP contribution in [0.15, 0.2) is 29.8 Å². The van der Waals surface area contributed by atoms with Gasteiger partial charge in [-0.1, -0.05) is 36.1 Å². The van der Waals surface area contributed by atoms with E-state index in [1.54, 1.807) is 0 Å². The van der Waals surface area contributed by atoms with Crippen molar-refractivity contribution in [3.63, 3.8) is 0 Å². The molecule has 0 atom stereocenters. The number of hydrogen-bond acceptors (Lipinski definition) is 3. The van der Waals surface area contributed by atoms with Gasteiger partial charge in [-0.2, -0.15) is 0 Å². The Balaban J connectivity index is 1.40. The molecular weight excluding hydrogens is 324 g/mol. The molecule has 0 aliphatic heterocycles. The van der Waals surface area contributed by atoms with Crippen LogP contribution in [0.3, 0.4) is 0 Å². The average Bonchev–Trinajstić information content (AvgIpc) is 3.12. The van der Waals surface area contributed by atoms with Gasteiger partial charge < -0.3 is 5.32 Å². The van der Waals surface area contributed by atoms with Crippen LogP contribution in [-0.2, 0) is 0 Å². The Hall–Kier alpha value is -2.17. The largest absolute Gasteiger partial charge is 0.352 e. The Bertz CT molecular complexity index is 801. The number of aromatic nitrogens is 3. The number of carbonyl (C=O) groups is 1. The van der Waals surface area contributed by atoms with Crippen LogP contribution in [-0.4, -0.2) is 27.4 Å². The van der Waals surface area contributed by atoms with Gasteiger partial charge in [0, 0.05) is 12.1 Å². The highest BCUT2D eigenvalue weighted by atomic mass is 16.1. The molecule has 1 fully saturated rings. The molecule has 26 heavy (non-hydrogen) atoms. The third-order valence-electron chi connectivity index (χ3n) is 5.77. The third-order valence-corrected chi connectivity index (χ3v) is 5.77. The van der Waals surface area contributed by atoms with Gasteiger partial charge in [-0.15, -0.1) is 5.10 Å². The molecule has 0 spiro atoms. The Morgan fingerprint density at radius 1 is 1.15 bits per heavy atom. The van der Waals surface area contributed by atoms with E-state index in [-0.39, 0.29) is 5.91 Å². The molecule has 5 nitrogen and oxygen atoms in total.